The van der Waals surface area contributed by atoms with Gasteiger partial charge in [0.15, 0.2) is 5.65 Å². The molecular weight excluding hydrogens is 244 g/mol. The van der Waals surface area contributed by atoms with E-state index in [0.717, 1.165) is 29.3 Å². The molecular formula is C13H14N4S. The Kier molecular flexibility index (Phi) is 2.85. The monoisotopic (exact) mass is 258 g/mol. The highest BCUT2D eigenvalue weighted by Gasteiger charge is 2.10. The maximum atomic E-state index is 4.68. The largest absolute Gasteiger partial charge is 0.314 e. The van der Waals surface area contributed by atoms with Crippen LogP contribution in [0, 0.1) is 6.92 Å². The van der Waals surface area contributed by atoms with Crippen molar-refractivity contribution in [1.29, 1.82) is 0 Å². The molecule has 4 nitrogen and oxygen atoms in total. The fourth-order valence-electron chi connectivity index (χ4n) is 2.02. The highest BCUT2D eigenvalue weighted by atomic mass is 32.1. The summed E-state index contributed by atoms with van der Waals surface area (Å²) in [5.74, 6) is 0. The molecule has 0 saturated carbocycles. The van der Waals surface area contributed by atoms with E-state index < -0.39 is 0 Å². The van der Waals surface area contributed by atoms with Crippen molar-refractivity contribution in [1.82, 2.24) is 19.9 Å². The van der Waals surface area contributed by atoms with Gasteiger partial charge in [-0.2, -0.15) is 5.10 Å². The summed E-state index contributed by atoms with van der Waals surface area (Å²) in [7, 11) is 1.93. The number of nitrogens with one attached hydrogen (secondary N) is 1. The van der Waals surface area contributed by atoms with E-state index in [4.69, 9.17) is 0 Å². The third-order valence-corrected chi connectivity index (χ3v) is 3.78. The Morgan fingerprint density at radius 3 is 2.94 bits per heavy atom. The molecule has 0 aliphatic heterocycles. The van der Waals surface area contributed by atoms with Gasteiger partial charge in [0.25, 0.3) is 0 Å². The molecule has 0 aromatic carbocycles. The van der Waals surface area contributed by atoms with Crippen molar-refractivity contribution in [2.75, 3.05) is 7.05 Å². The van der Waals surface area contributed by atoms with E-state index in [1.54, 1.807) is 11.3 Å². The summed E-state index contributed by atoms with van der Waals surface area (Å²) in [6, 6.07) is 8.17. The molecule has 0 spiro atoms. The third kappa shape index (κ3) is 1.81. The second kappa shape index (κ2) is 4.51. The average Bonchev–Trinajstić information content (AvgIpc) is 2.98. The van der Waals surface area contributed by atoms with E-state index in [1.165, 1.54) is 4.88 Å². The second-order valence-electron chi connectivity index (χ2n) is 4.14. The Morgan fingerprint density at radius 2 is 2.22 bits per heavy atom. The molecule has 1 N–H and O–H groups in total. The molecule has 0 fully saturated rings. The van der Waals surface area contributed by atoms with E-state index >= 15 is 0 Å². The summed E-state index contributed by atoms with van der Waals surface area (Å²) in [6.45, 7) is 2.79. The predicted molar refractivity (Wildman–Crippen MR) is 73.8 cm³/mol. The van der Waals surface area contributed by atoms with Gasteiger partial charge in [-0.05, 0) is 37.6 Å². The molecule has 0 amide bonds. The van der Waals surface area contributed by atoms with Gasteiger partial charge in [0, 0.05) is 6.54 Å². The first kappa shape index (κ1) is 11.4. The van der Waals surface area contributed by atoms with E-state index in [2.05, 4.69) is 26.8 Å². The van der Waals surface area contributed by atoms with Crippen LogP contribution in [0.4, 0.5) is 0 Å². The van der Waals surface area contributed by atoms with Gasteiger partial charge in [-0.3, -0.25) is 0 Å². The number of fused-ring (bicyclic) bond motifs is 1. The zero-order valence-corrected chi connectivity index (χ0v) is 11.2. The van der Waals surface area contributed by atoms with Crippen LogP contribution in [0.5, 0.6) is 0 Å². The number of imidazole rings is 1. The van der Waals surface area contributed by atoms with Crippen molar-refractivity contribution in [3.05, 3.63) is 41.0 Å². The molecule has 92 valence electrons. The second-order valence-corrected chi connectivity index (χ2v) is 5.09. The van der Waals surface area contributed by atoms with Gasteiger partial charge in [0.2, 0.25) is 0 Å². The maximum absolute atomic E-state index is 4.68. The normalized spacial score (nSPS) is 11.2. The SMILES string of the molecule is CNCc1c(C)nc2ccc(-c3cccs3)nn12. The molecule has 0 bridgehead atoms. The van der Waals surface area contributed by atoms with Gasteiger partial charge in [-0.15, -0.1) is 11.3 Å². The Balaban J connectivity index is 2.18. The van der Waals surface area contributed by atoms with E-state index in [9.17, 15) is 0 Å². The summed E-state index contributed by atoms with van der Waals surface area (Å²) >= 11 is 1.70. The van der Waals surface area contributed by atoms with Crippen LogP contribution in [0.25, 0.3) is 16.2 Å². The van der Waals surface area contributed by atoms with Crippen LogP contribution in [-0.4, -0.2) is 21.6 Å². The first-order valence-electron chi connectivity index (χ1n) is 5.83. The Labute approximate surface area is 109 Å². The molecule has 3 heterocycles. The fraction of sp³-hybridized carbons (Fsp3) is 0.231. The topological polar surface area (TPSA) is 42.2 Å². The summed E-state index contributed by atoms with van der Waals surface area (Å²) in [5.41, 5.74) is 4.04. The molecule has 0 atom stereocenters. The van der Waals surface area contributed by atoms with E-state index in [0.29, 0.717) is 0 Å². The number of thiophene rings is 1. The van der Waals surface area contributed by atoms with Gasteiger partial charge in [-0.25, -0.2) is 9.50 Å². The standard InChI is InChI=1S/C13H14N4S/c1-9-11(8-14-2)17-13(15-9)6-5-10(16-17)12-4-3-7-18-12/h3-7,14H,8H2,1-2H3. The molecule has 3 aromatic heterocycles. The molecule has 0 aliphatic carbocycles. The lowest BCUT2D eigenvalue weighted by Gasteiger charge is -2.03. The minimum atomic E-state index is 0.772. The number of nitrogens with zero attached hydrogens (tertiary/aromatic N) is 3. The van der Waals surface area contributed by atoms with Crippen LogP contribution >= 0.6 is 11.3 Å². The lowest BCUT2D eigenvalue weighted by molar-refractivity contribution is 0.744. The molecule has 0 aliphatic rings. The molecule has 3 aromatic rings. The molecule has 3 rings (SSSR count). The lowest BCUT2D eigenvalue weighted by atomic mass is 10.3. The minimum absolute atomic E-state index is 0.772. The summed E-state index contributed by atoms with van der Waals surface area (Å²) in [6.07, 6.45) is 0. The Morgan fingerprint density at radius 1 is 1.33 bits per heavy atom. The van der Waals surface area contributed by atoms with Gasteiger partial charge < -0.3 is 5.32 Å². The van der Waals surface area contributed by atoms with Crippen LogP contribution in [0.2, 0.25) is 0 Å². The maximum Gasteiger partial charge on any atom is 0.154 e. The summed E-state index contributed by atoms with van der Waals surface area (Å²) in [4.78, 5) is 5.70. The molecule has 0 saturated heterocycles. The van der Waals surface area contributed by atoms with E-state index in [-0.39, 0.29) is 0 Å². The van der Waals surface area contributed by atoms with Crippen molar-refractivity contribution in [3.8, 4) is 10.6 Å². The first-order chi connectivity index (χ1) is 8.79. The molecule has 18 heavy (non-hydrogen) atoms. The van der Waals surface area contributed by atoms with E-state index in [1.807, 2.05) is 36.7 Å². The van der Waals surface area contributed by atoms with Gasteiger partial charge in [-0.1, -0.05) is 6.07 Å². The van der Waals surface area contributed by atoms with Crippen LogP contribution < -0.4 is 5.32 Å². The van der Waals surface area contributed by atoms with Crippen LogP contribution in [0.1, 0.15) is 11.4 Å². The zero-order chi connectivity index (χ0) is 12.5. The zero-order valence-electron chi connectivity index (χ0n) is 10.3. The highest BCUT2D eigenvalue weighted by Crippen LogP contribution is 2.23. The molecule has 0 unspecified atom stereocenters. The highest BCUT2D eigenvalue weighted by molar-refractivity contribution is 7.13. The summed E-state index contributed by atoms with van der Waals surface area (Å²) < 4.78 is 1.93. The number of hydrogen-bond acceptors (Lipinski definition) is 4. The number of hydrogen-bond donors (Lipinski definition) is 1. The van der Waals surface area contributed by atoms with Crippen molar-refractivity contribution in [3.63, 3.8) is 0 Å². The Bertz CT molecular complexity index is 670. The van der Waals surface area contributed by atoms with Crippen LogP contribution in [-0.2, 0) is 6.54 Å². The van der Waals surface area contributed by atoms with Crippen molar-refractivity contribution in [2.45, 2.75) is 13.5 Å². The smallest absolute Gasteiger partial charge is 0.154 e. The lowest BCUT2D eigenvalue weighted by Crippen LogP contribution is -2.10. The van der Waals surface area contributed by atoms with Gasteiger partial charge >= 0.3 is 0 Å². The van der Waals surface area contributed by atoms with Crippen LogP contribution in [0.3, 0.4) is 0 Å². The van der Waals surface area contributed by atoms with Gasteiger partial charge in [0.05, 0.1) is 16.3 Å². The summed E-state index contributed by atoms with van der Waals surface area (Å²) in [5, 5.41) is 9.91. The Hall–Kier alpha value is -1.72. The fourth-order valence-corrected chi connectivity index (χ4v) is 2.71. The van der Waals surface area contributed by atoms with Crippen molar-refractivity contribution >= 4 is 17.0 Å². The molecule has 0 radical (unpaired) electrons. The molecule has 5 heteroatoms. The van der Waals surface area contributed by atoms with Crippen molar-refractivity contribution in [2.24, 2.45) is 0 Å². The number of rotatable bonds is 3. The predicted octanol–water partition coefficient (Wildman–Crippen LogP) is 2.49. The minimum Gasteiger partial charge on any atom is -0.314 e. The number of aromatic nitrogens is 3. The third-order valence-electron chi connectivity index (χ3n) is 2.89. The number of aryl methyl sites for hydroxylation is 1. The van der Waals surface area contributed by atoms with Crippen LogP contribution in [0.15, 0.2) is 29.6 Å². The first-order valence-corrected chi connectivity index (χ1v) is 6.71. The quantitative estimate of drug-likeness (QED) is 0.785. The average molecular weight is 258 g/mol. The van der Waals surface area contributed by atoms with Crippen molar-refractivity contribution < 1.29 is 0 Å². The van der Waals surface area contributed by atoms with Gasteiger partial charge in [0.1, 0.15) is 5.69 Å².